The molecule has 3 amide bonds. The number of allylic oxidation sites excluding steroid dienone is 1. The molecule has 2 N–H and O–H groups in total. The third-order valence-corrected chi connectivity index (χ3v) is 9.37. The topological polar surface area (TPSA) is 97.0 Å². The molecule has 3 aliphatic heterocycles. The lowest BCUT2D eigenvalue weighted by atomic mass is 9.74. The molecule has 0 radical (unpaired) electrons. The van der Waals surface area contributed by atoms with Crippen LogP contribution in [0.25, 0.3) is 0 Å². The van der Waals surface area contributed by atoms with Gasteiger partial charge in [0.05, 0.1) is 24.5 Å². The van der Waals surface area contributed by atoms with Crippen molar-refractivity contribution in [3.8, 4) is 5.75 Å². The average molecular weight is 548 g/mol. The summed E-state index contributed by atoms with van der Waals surface area (Å²) in [5.41, 5.74) is 0.862. The molecule has 214 valence electrons. The van der Waals surface area contributed by atoms with Gasteiger partial charge in [-0.05, 0) is 76.1 Å². The van der Waals surface area contributed by atoms with Crippen molar-refractivity contribution in [3.05, 3.63) is 48.1 Å². The lowest BCUT2D eigenvalue weighted by Gasteiger charge is -2.34. The summed E-state index contributed by atoms with van der Waals surface area (Å²) in [6, 6.07) is 6.56. The molecule has 1 spiro atoms. The number of likely N-dealkylation sites (tertiary alicyclic amines) is 1. The van der Waals surface area contributed by atoms with E-state index < -0.39 is 29.6 Å². The molecule has 2 aliphatic carbocycles. The number of fused-ring (bicyclic) bond motifs is 1. The van der Waals surface area contributed by atoms with Crippen molar-refractivity contribution in [1.82, 2.24) is 10.2 Å². The molecule has 8 nitrogen and oxygen atoms in total. The summed E-state index contributed by atoms with van der Waals surface area (Å²) >= 11 is 0. The second kappa shape index (κ2) is 11.4. The Labute approximate surface area is 236 Å². The Kier molecular flexibility index (Phi) is 7.71. The van der Waals surface area contributed by atoms with Crippen LogP contribution in [-0.4, -0.2) is 59.6 Å². The Morgan fingerprint density at radius 3 is 2.60 bits per heavy atom. The number of nitrogens with one attached hydrogen (secondary N) is 2. The van der Waals surface area contributed by atoms with E-state index in [2.05, 4.69) is 16.7 Å². The van der Waals surface area contributed by atoms with Gasteiger partial charge in [0.2, 0.25) is 17.7 Å². The molecular weight excluding hydrogens is 506 g/mol. The normalized spacial score (nSPS) is 31.2. The van der Waals surface area contributed by atoms with E-state index in [4.69, 9.17) is 9.47 Å². The largest absolute Gasteiger partial charge is 0.494 e. The number of carbonyl (C=O) groups excluding carboxylic acids is 3. The van der Waals surface area contributed by atoms with Crippen LogP contribution in [0, 0.1) is 11.8 Å². The number of ether oxygens (including phenoxy) is 2. The second-order valence-corrected chi connectivity index (χ2v) is 11.9. The number of anilines is 1. The number of carbonyl (C=O) groups is 3. The number of nitrogens with zero attached hydrogens (tertiary/aromatic N) is 1. The van der Waals surface area contributed by atoms with Crippen molar-refractivity contribution in [2.75, 3.05) is 18.5 Å². The van der Waals surface area contributed by atoms with E-state index in [1.165, 1.54) is 24.8 Å². The molecule has 1 aromatic carbocycles. The average Bonchev–Trinajstić information content (AvgIpc) is 3.61. The van der Waals surface area contributed by atoms with E-state index in [1.54, 1.807) is 17.0 Å². The number of rotatable bonds is 9. The summed E-state index contributed by atoms with van der Waals surface area (Å²) in [6.07, 6.45) is 16.1. The molecule has 5 aliphatic rings. The van der Waals surface area contributed by atoms with Crippen LogP contribution in [0.2, 0.25) is 0 Å². The van der Waals surface area contributed by atoms with E-state index >= 15 is 0 Å². The fourth-order valence-corrected chi connectivity index (χ4v) is 7.46. The lowest BCUT2D eigenvalue weighted by molar-refractivity contribution is -0.141. The van der Waals surface area contributed by atoms with Crippen molar-refractivity contribution in [3.63, 3.8) is 0 Å². The van der Waals surface area contributed by atoms with Crippen LogP contribution in [0.4, 0.5) is 5.69 Å². The Morgan fingerprint density at radius 2 is 1.88 bits per heavy atom. The van der Waals surface area contributed by atoms with Crippen LogP contribution in [0.3, 0.4) is 0 Å². The number of benzene rings is 1. The monoisotopic (exact) mass is 547 g/mol. The molecule has 1 aromatic rings. The van der Waals surface area contributed by atoms with E-state index in [0.717, 1.165) is 50.7 Å². The molecule has 0 unspecified atom stereocenters. The third-order valence-electron chi connectivity index (χ3n) is 9.37. The SMILES string of the molecule is CCOc1ccc(NC(=O)[C@H]2[C@H]3C=C[C@]4(O3)[C@H](C(=O)NC3CCCCC3)N(CCC3=CCCCC3)C(=O)[C@@H]24)cc1. The molecule has 5 atom stereocenters. The maximum absolute atomic E-state index is 14.2. The van der Waals surface area contributed by atoms with Gasteiger partial charge >= 0.3 is 0 Å². The molecule has 3 heterocycles. The van der Waals surface area contributed by atoms with Crippen LogP contribution < -0.4 is 15.4 Å². The highest BCUT2D eigenvalue weighted by Crippen LogP contribution is 2.55. The molecule has 3 fully saturated rings. The first-order valence-electron chi connectivity index (χ1n) is 15.2. The smallest absolute Gasteiger partial charge is 0.246 e. The number of amides is 3. The van der Waals surface area contributed by atoms with Gasteiger partial charge < -0.3 is 25.0 Å². The molecule has 0 aromatic heterocycles. The van der Waals surface area contributed by atoms with Crippen molar-refractivity contribution in [2.45, 2.75) is 94.9 Å². The van der Waals surface area contributed by atoms with Gasteiger partial charge in [-0.1, -0.05) is 43.1 Å². The molecule has 2 saturated heterocycles. The quantitative estimate of drug-likeness (QED) is 0.444. The van der Waals surface area contributed by atoms with E-state index in [0.29, 0.717) is 18.8 Å². The summed E-state index contributed by atoms with van der Waals surface area (Å²) in [5, 5.41) is 6.25. The zero-order valence-electron chi connectivity index (χ0n) is 23.4. The first-order valence-corrected chi connectivity index (χ1v) is 15.2. The minimum atomic E-state index is -1.12. The fourth-order valence-electron chi connectivity index (χ4n) is 7.46. The third kappa shape index (κ3) is 4.95. The van der Waals surface area contributed by atoms with Gasteiger partial charge in [-0.2, -0.15) is 0 Å². The highest BCUT2D eigenvalue weighted by Gasteiger charge is 2.72. The molecule has 6 rings (SSSR count). The molecular formula is C32H41N3O5. The summed E-state index contributed by atoms with van der Waals surface area (Å²) in [4.78, 5) is 43.5. The van der Waals surface area contributed by atoms with Crippen LogP contribution in [-0.2, 0) is 19.1 Å². The first kappa shape index (κ1) is 27.1. The lowest BCUT2D eigenvalue weighted by Crippen LogP contribution is -2.56. The van der Waals surface area contributed by atoms with Gasteiger partial charge in [-0.25, -0.2) is 0 Å². The van der Waals surface area contributed by atoms with Crippen LogP contribution in [0.15, 0.2) is 48.1 Å². The van der Waals surface area contributed by atoms with Gasteiger partial charge in [0.25, 0.3) is 0 Å². The van der Waals surface area contributed by atoms with Gasteiger partial charge in [0.1, 0.15) is 17.4 Å². The molecule has 1 saturated carbocycles. The van der Waals surface area contributed by atoms with Crippen molar-refractivity contribution in [1.29, 1.82) is 0 Å². The zero-order chi connectivity index (χ0) is 27.7. The predicted octanol–water partition coefficient (Wildman–Crippen LogP) is 4.51. The highest BCUT2D eigenvalue weighted by atomic mass is 16.5. The van der Waals surface area contributed by atoms with Crippen molar-refractivity contribution in [2.24, 2.45) is 11.8 Å². The van der Waals surface area contributed by atoms with Gasteiger partial charge in [-0.3, -0.25) is 14.4 Å². The first-order chi connectivity index (χ1) is 19.5. The molecule has 8 heteroatoms. The van der Waals surface area contributed by atoms with Crippen molar-refractivity contribution >= 4 is 23.4 Å². The van der Waals surface area contributed by atoms with Crippen molar-refractivity contribution < 1.29 is 23.9 Å². The van der Waals surface area contributed by atoms with Gasteiger partial charge in [-0.15, -0.1) is 0 Å². The van der Waals surface area contributed by atoms with Gasteiger partial charge in [0, 0.05) is 18.3 Å². The maximum Gasteiger partial charge on any atom is 0.246 e. The number of hydrogen-bond donors (Lipinski definition) is 2. The highest BCUT2D eigenvalue weighted by molar-refractivity contribution is 6.02. The Hall–Kier alpha value is -3.13. The van der Waals surface area contributed by atoms with Crippen LogP contribution in [0.1, 0.15) is 71.1 Å². The predicted molar refractivity (Wildman–Crippen MR) is 152 cm³/mol. The Balaban J connectivity index is 1.25. The molecule has 2 bridgehead atoms. The summed E-state index contributed by atoms with van der Waals surface area (Å²) in [7, 11) is 0. The van der Waals surface area contributed by atoms with Crippen LogP contribution >= 0.6 is 0 Å². The minimum Gasteiger partial charge on any atom is -0.494 e. The second-order valence-electron chi connectivity index (χ2n) is 11.9. The fraction of sp³-hybridized carbons (Fsp3) is 0.594. The van der Waals surface area contributed by atoms with E-state index in [1.807, 2.05) is 31.2 Å². The summed E-state index contributed by atoms with van der Waals surface area (Å²) in [5.74, 6) is -1.27. The minimum absolute atomic E-state index is 0.121. The van der Waals surface area contributed by atoms with E-state index in [-0.39, 0.29) is 23.8 Å². The maximum atomic E-state index is 14.2. The zero-order valence-corrected chi connectivity index (χ0v) is 23.4. The molecule has 40 heavy (non-hydrogen) atoms. The summed E-state index contributed by atoms with van der Waals surface area (Å²) in [6.45, 7) is 2.94. The van der Waals surface area contributed by atoms with Crippen LogP contribution in [0.5, 0.6) is 5.75 Å². The summed E-state index contributed by atoms with van der Waals surface area (Å²) < 4.78 is 12.0. The Bertz CT molecular complexity index is 1190. The van der Waals surface area contributed by atoms with Gasteiger partial charge in [0.15, 0.2) is 0 Å². The Morgan fingerprint density at radius 1 is 1.07 bits per heavy atom. The standard InChI is InChI=1S/C32H41N3O5/c1-2-39-24-15-13-23(14-16-24)33-29(36)26-25-17-19-32(40-25)27(26)31(38)35(20-18-21-9-5-3-6-10-21)28(32)30(37)34-22-11-7-4-8-12-22/h9,13-17,19,22,25-28H,2-8,10-12,18,20H2,1H3,(H,33,36)(H,34,37)/t25-,26+,27-,28+,32-/m1/s1. The number of hydrogen-bond acceptors (Lipinski definition) is 5. The van der Waals surface area contributed by atoms with E-state index in [9.17, 15) is 14.4 Å².